The standard InChI is InChI=1S/C15H19N5O2/c1-18-11-14(16-17-18)15(21)20-8-6-19(7-9-20)12-4-3-5-13(10-12)22-2/h3-5,10-11H,6-9H2,1-2H3. The number of ether oxygens (including phenoxy) is 1. The van der Waals surface area contributed by atoms with Crippen LogP contribution in [0.1, 0.15) is 10.5 Å². The normalized spacial score (nSPS) is 15.0. The van der Waals surface area contributed by atoms with Crippen molar-refractivity contribution in [2.75, 3.05) is 38.2 Å². The molecule has 7 nitrogen and oxygen atoms in total. The van der Waals surface area contributed by atoms with Crippen LogP contribution in [0.2, 0.25) is 0 Å². The van der Waals surface area contributed by atoms with E-state index >= 15 is 0 Å². The van der Waals surface area contributed by atoms with Gasteiger partial charge in [-0.05, 0) is 12.1 Å². The Morgan fingerprint density at radius 2 is 2.00 bits per heavy atom. The fraction of sp³-hybridized carbons (Fsp3) is 0.400. The lowest BCUT2D eigenvalue weighted by atomic mass is 10.2. The van der Waals surface area contributed by atoms with Crippen LogP contribution in [0.15, 0.2) is 30.5 Å². The molecule has 1 aliphatic rings. The fourth-order valence-corrected chi connectivity index (χ4v) is 2.58. The predicted octanol–water partition coefficient (Wildman–Crippen LogP) is 0.786. The topological polar surface area (TPSA) is 63.5 Å². The van der Waals surface area contributed by atoms with Gasteiger partial charge < -0.3 is 14.5 Å². The van der Waals surface area contributed by atoms with Crippen molar-refractivity contribution in [2.45, 2.75) is 0 Å². The summed E-state index contributed by atoms with van der Waals surface area (Å²) in [5.41, 5.74) is 1.52. The number of nitrogens with zero attached hydrogens (tertiary/aromatic N) is 5. The van der Waals surface area contributed by atoms with Crippen LogP contribution in [-0.2, 0) is 7.05 Å². The first-order valence-electron chi connectivity index (χ1n) is 7.22. The Kier molecular flexibility index (Phi) is 3.95. The minimum atomic E-state index is -0.0570. The van der Waals surface area contributed by atoms with Crippen LogP contribution in [0, 0.1) is 0 Å². The maximum atomic E-state index is 12.3. The third-order valence-corrected chi connectivity index (χ3v) is 3.81. The first-order chi connectivity index (χ1) is 10.7. The molecule has 2 aromatic rings. The lowest BCUT2D eigenvalue weighted by Crippen LogP contribution is -2.48. The molecular formula is C15H19N5O2. The molecule has 0 N–H and O–H groups in total. The van der Waals surface area contributed by atoms with Crippen LogP contribution in [0.5, 0.6) is 5.75 Å². The average Bonchev–Trinajstić information content (AvgIpc) is 3.01. The van der Waals surface area contributed by atoms with E-state index in [4.69, 9.17) is 4.74 Å². The molecule has 1 fully saturated rings. The Morgan fingerprint density at radius 1 is 1.23 bits per heavy atom. The third-order valence-electron chi connectivity index (χ3n) is 3.81. The number of hydrogen-bond donors (Lipinski definition) is 0. The molecule has 0 unspecified atom stereocenters. The van der Waals surface area contributed by atoms with Crippen LogP contribution < -0.4 is 9.64 Å². The predicted molar refractivity (Wildman–Crippen MR) is 82.1 cm³/mol. The van der Waals surface area contributed by atoms with Gasteiger partial charge in [0.2, 0.25) is 0 Å². The number of rotatable bonds is 3. The van der Waals surface area contributed by atoms with E-state index in [1.54, 1.807) is 25.0 Å². The van der Waals surface area contributed by atoms with Gasteiger partial charge in [-0.25, -0.2) is 0 Å². The van der Waals surface area contributed by atoms with Crippen LogP contribution in [-0.4, -0.2) is 59.1 Å². The molecule has 1 aromatic heterocycles. The van der Waals surface area contributed by atoms with Crippen molar-refractivity contribution in [1.29, 1.82) is 0 Å². The minimum absolute atomic E-state index is 0.0570. The van der Waals surface area contributed by atoms with E-state index in [0.29, 0.717) is 18.8 Å². The smallest absolute Gasteiger partial charge is 0.276 e. The highest BCUT2D eigenvalue weighted by atomic mass is 16.5. The fourth-order valence-electron chi connectivity index (χ4n) is 2.58. The highest BCUT2D eigenvalue weighted by Crippen LogP contribution is 2.22. The summed E-state index contributed by atoms with van der Waals surface area (Å²) >= 11 is 0. The van der Waals surface area contributed by atoms with Crippen molar-refractivity contribution in [3.8, 4) is 5.75 Å². The van der Waals surface area contributed by atoms with Crippen molar-refractivity contribution >= 4 is 11.6 Å². The van der Waals surface area contributed by atoms with E-state index < -0.39 is 0 Å². The second kappa shape index (κ2) is 6.05. The number of methoxy groups -OCH3 is 1. The number of anilines is 1. The summed E-state index contributed by atoms with van der Waals surface area (Å²) in [5.74, 6) is 0.786. The summed E-state index contributed by atoms with van der Waals surface area (Å²) in [6.07, 6.45) is 1.65. The number of benzene rings is 1. The van der Waals surface area contributed by atoms with Gasteiger partial charge in [0.1, 0.15) is 5.75 Å². The molecule has 3 rings (SSSR count). The van der Waals surface area contributed by atoms with Gasteiger partial charge in [0, 0.05) is 45.0 Å². The lowest BCUT2D eigenvalue weighted by molar-refractivity contribution is 0.0740. The first kappa shape index (κ1) is 14.4. The van der Waals surface area contributed by atoms with E-state index in [1.807, 2.05) is 23.1 Å². The van der Waals surface area contributed by atoms with Crippen LogP contribution in [0.3, 0.4) is 0 Å². The van der Waals surface area contributed by atoms with Crippen LogP contribution >= 0.6 is 0 Å². The van der Waals surface area contributed by atoms with Gasteiger partial charge >= 0.3 is 0 Å². The summed E-state index contributed by atoms with van der Waals surface area (Å²) in [5, 5.41) is 7.69. The summed E-state index contributed by atoms with van der Waals surface area (Å²) in [7, 11) is 3.42. The minimum Gasteiger partial charge on any atom is -0.497 e. The largest absolute Gasteiger partial charge is 0.497 e. The lowest BCUT2D eigenvalue weighted by Gasteiger charge is -2.35. The molecule has 0 atom stereocenters. The Labute approximate surface area is 129 Å². The van der Waals surface area contributed by atoms with E-state index in [0.717, 1.165) is 24.5 Å². The van der Waals surface area contributed by atoms with Crippen molar-refractivity contribution in [3.05, 3.63) is 36.2 Å². The molecule has 116 valence electrons. The quantitative estimate of drug-likeness (QED) is 0.838. The molecule has 2 heterocycles. The van der Waals surface area contributed by atoms with E-state index in [-0.39, 0.29) is 5.91 Å². The maximum absolute atomic E-state index is 12.3. The Bertz CT molecular complexity index is 661. The summed E-state index contributed by atoms with van der Waals surface area (Å²) in [6.45, 7) is 2.93. The van der Waals surface area contributed by atoms with E-state index in [2.05, 4.69) is 21.3 Å². The number of piperazine rings is 1. The highest BCUT2D eigenvalue weighted by Gasteiger charge is 2.24. The Balaban J connectivity index is 1.63. The second-order valence-corrected chi connectivity index (χ2v) is 5.26. The molecular weight excluding hydrogens is 282 g/mol. The van der Waals surface area contributed by atoms with Gasteiger partial charge in [-0.1, -0.05) is 11.3 Å². The van der Waals surface area contributed by atoms with Crippen molar-refractivity contribution in [1.82, 2.24) is 19.9 Å². The van der Waals surface area contributed by atoms with Crippen molar-refractivity contribution in [2.24, 2.45) is 7.05 Å². The molecule has 1 saturated heterocycles. The molecule has 7 heteroatoms. The molecule has 0 radical (unpaired) electrons. The van der Waals surface area contributed by atoms with Gasteiger partial charge in [0.05, 0.1) is 13.3 Å². The van der Waals surface area contributed by atoms with Crippen molar-refractivity contribution in [3.63, 3.8) is 0 Å². The SMILES string of the molecule is COc1cccc(N2CCN(C(=O)c3cn(C)nn3)CC2)c1. The third kappa shape index (κ3) is 2.88. The monoisotopic (exact) mass is 301 g/mol. The van der Waals surface area contributed by atoms with E-state index in [9.17, 15) is 4.79 Å². The zero-order valence-corrected chi connectivity index (χ0v) is 12.8. The molecule has 1 amide bonds. The van der Waals surface area contributed by atoms with Gasteiger partial charge in [-0.3, -0.25) is 9.48 Å². The zero-order chi connectivity index (χ0) is 15.5. The first-order valence-corrected chi connectivity index (χ1v) is 7.22. The number of carbonyl (C=O) groups excluding carboxylic acids is 1. The van der Waals surface area contributed by atoms with Crippen LogP contribution in [0.25, 0.3) is 0 Å². The van der Waals surface area contributed by atoms with Gasteiger partial charge in [-0.15, -0.1) is 5.10 Å². The summed E-state index contributed by atoms with van der Waals surface area (Å²) in [6, 6.07) is 7.98. The zero-order valence-electron chi connectivity index (χ0n) is 12.8. The number of aromatic nitrogens is 3. The molecule has 0 spiro atoms. The van der Waals surface area contributed by atoms with Gasteiger partial charge in [0.15, 0.2) is 5.69 Å². The number of aryl methyl sites for hydroxylation is 1. The summed E-state index contributed by atoms with van der Waals surface area (Å²) in [4.78, 5) is 16.4. The Hall–Kier alpha value is -2.57. The molecule has 0 saturated carbocycles. The second-order valence-electron chi connectivity index (χ2n) is 5.26. The van der Waals surface area contributed by atoms with Gasteiger partial charge in [0.25, 0.3) is 5.91 Å². The number of amides is 1. The van der Waals surface area contributed by atoms with E-state index in [1.165, 1.54) is 0 Å². The average molecular weight is 301 g/mol. The molecule has 1 aliphatic heterocycles. The molecule has 22 heavy (non-hydrogen) atoms. The highest BCUT2D eigenvalue weighted by molar-refractivity contribution is 5.92. The molecule has 0 aliphatic carbocycles. The Morgan fingerprint density at radius 3 is 2.64 bits per heavy atom. The van der Waals surface area contributed by atoms with Gasteiger partial charge in [-0.2, -0.15) is 0 Å². The van der Waals surface area contributed by atoms with Crippen molar-refractivity contribution < 1.29 is 9.53 Å². The van der Waals surface area contributed by atoms with Crippen LogP contribution in [0.4, 0.5) is 5.69 Å². The molecule has 1 aromatic carbocycles. The molecule has 0 bridgehead atoms. The number of carbonyl (C=O) groups is 1. The number of hydrogen-bond acceptors (Lipinski definition) is 5. The maximum Gasteiger partial charge on any atom is 0.276 e. The summed E-state index contributed by atoms with van der Waals surface area (Å²) < 4.78 is 6.80.